The van der Waals surface area contributed by atoms with Gasteiger partial charge in [-0.25, -0.2) is 9.69 Å². The molecule has 0 unspecified atom stereocenters. The number of benzene rings is 1. The van der Waals surface area contributed by atoms with Gasteiger partial charge in [0.05, 0.1) is 5.70 Å². The summed E-state index contributed by atoms with van der Waals surface area (Å²) in [5.41, 5.74) is 0.761. The summed E-state index contributed by atoms with van der Waals surface area (Å²) in [6, 6.07) is 7.95. The van der Waals surface area contributed by atoms with Crippen molar-refractivity contribution in [3.63, 3.8) is 0 Å². The van der Waals surface area contributed by atoms with Gasteiger partial charge in [-0.1, -0.05) is 43.7 Å². The number of imide groups is 2. The number of amides is 4. The van der Waals surface area contributed by atoms with E-state index in [9.17, 15) is 19.2 Å². The largest absolute Gasteiger partial charge is 0.480 e. The second-order valence-corrected chi connectivity index (χ2v) is 6.36. The number of carbonyl (C=O) groups excluding carboxylic acids is 3. The van der Waals surface area contributed by atoms with Gasteiger partial charge < -0.3 is 10.0 Å². The van der Waals surface area contributed by atoms with E-state index in [1.807, 2.05) is 6.92 Å². The van der Waals surface area contributed by atoms with Gasteiger partial charge in [0.25, 0.3) is 11.8 Å². The second-order valence-electron chi connectivity index (χ2n) is 6.36. The number of nitrogens with zero attached hydrogens (tertiary/aromatic N) is 3. The Morgan fingerprint density at radius 1 is 1.04 bits per heavy atom. The van der Waals surface area contributed by atoms with Crippen molar-refractivity contribution in [2.45, 2.75) is 19.8 Å². The van der Waals surface area contributed by atoms with Crippen LogP contribution in [0.5, 0.6) is 0 Å². The normalized spacial score (nSPS) is 16.6. The minimum absolute atomic E-state index is 0.122. The van der Waals surface area contributed by atoms with E-state index in [-0.39, 0.29) is 12.1 Å². The molecule has 1 fully saturated rings. The van der Waals surface area contributed by atoms with Crippen LogP contribution in [0.4, 0.5) is 4.79 Å². The lowest BCUT2D eigenvalue weighted by molar-refractivity contribution is -0.144. The number of rotatable bonds is 7. The van der Waals surface area contributed by atoms with Crippen molar-refractivity contribution in [1.29, 1.82) is 0 Å². The maximum atomic E-state index is 13.0. The van der Waals surface area contributed by atoms with Crippen LogP contribution in [0.1, 0.15) is 25.3 Å². The summed E-state index contributed by atoms with van der Waals surface area (Å²) in [7, 11) is 3.37. The summed E-state index contributed by atoms with van der Waals surface area (Å²) in [6.45, 7) is 1.23. The van der Waals surface area contributed by atoms with Crippen LogP contribution in [0.2, 0.25) is 0 Å². The number of carbonyl (C=O) groups is 4. The van der Waals surface area contributed by atoms with Crippen LogP contribution in [0, 0.1) is 0 Å². The van der Waals surface area contributed by atoms with Crippen molar-refractivity contribution in [3.8, 4) is 0 Å². The highest BCUT2D eigenvalue weighted by molar-refractivity contribution is 6.32. The third kappa shape index (κ3) is 4.16. The van der Waals surface area contributed by atoms with E-state index in [0.717, 1.165) is 11.3 Å². The average molecular weight is 373 g/mol. The zero-order valence-corrected chi connectivity index (χ0v) is 15.6. The van der Waals surface area contributed by atoms with Gasteiger partial charge in [0, 0.05) is 20.6 Å². The lowest BCUT2D eigenvalue weighted by Crippen LogP contribution is -2.58. The van der Waals surface area contributed by atoms with E-state index in [0.29, 0.717) is 22.6 Å². The minimum atomic E-state index is -1.33. The van der Waals surface area contributed by atoms with Crippen LogP contribution in [0.3, 0.4) is 0 Å². The molecule has 0 atom stereocenters. The lowest BCUT2D eigenvalue weighted by atomic mass is 10.0. The first kappa shape index (κ1) is 20.2. The Labute approximate surface area is 157 Å². The molecule has 0 bridgehead atoms. The summed E-state index contributed by atoms with van der Waals surface area (Å²) in [4.78, 5) is 52.9. The van der Waals surface area contributed by atoms with Crippen molar-refractivity contribution in [3.05, 3.63) is 41.5 Å². The number of carboxylic acid groups (broad SMARTS) is 1. The Morgan fingerprint density at radius 2 is 1.63 bits per heavy atom. The van der Waals surface area contributed by atoms with Gasteiger partial charge in [0.1, 0.15) is 12.1 Å². The minimum Gasteiger partial charge on any atom is -0.480 e. The van der Waals surface area contributed by atoms with Gasteiger partial charge in [-0.3, -0.25) is 19.3 Å². The van der Waals surface area contributed by atoms with E-state index >= 15 is 0 Å². The van der Waals surface area contributed by atoms with Gasteiger partial charge in [-0.2, -0.15) is 0 Å². The molecule has 1 aliphatic heterocycles. The van der Waals surface area contributed by atoms with Gasteiger partial charge in [0.15, 0.2) is 0 Å². The summed E-state index contributed by atoms with van der Waals surface area (Å²) < 4.78 is 0. The van der Waals surface area contributed by atoms with Crippen molar-refractivity contribution in [1.82, 2.24) is 14.7 Å². The van der Waals surface area contributed by atoms with E-state index in [2.05, 4.69) is 0 Å². The Bertz CT molecular complexity index is 786. The molecule has 1 aromatic rings. The number of barbiturate groups is 1. The van der Waals surface area contributed by atoms with Gasteiger partial charge in [-0.05, 0) is 12.0 Å². The number of hydrogen-bond donors (Lipinski definition) is 1. The molecule has 8 nitrogen and oxygen atoms in total. The summed E-state index contributed by atoms with van der Waals surface area (Å²) >= 11 is 0. The predicted octanol–water partition coefficient (Wildman–Crippen LogP) is 1.63. The Balaban J connectivity index is 2.65. The number of unbranched alkanes of at least 4 members (excludes halogenated alkanes) is 1. The highest BCUT2D eigenvalue weighted by atomic mass is 16.4. The monoisotopic (exact) mass is 373 g/mol. The molecule has 1 saturated heterocycles. The molecule has 0 aromatic heterocycles. The Morgan fingerprint density at radius 3 is 2.15 bits per heavy atom. The van der Waals surface area contributed by atoms with Crippen molar-refractivity contribution in [2.24, 2.45) is 0 Å². The third-order valence-electron chi connectivity index (χ3n) is 4.14. The first-order valence-corrected chi connectivity index (χ1v) is 8.66. The predicted molar refractivity (Wildman–Crippen MR) is 98.4 cm³/mol. The fourth-order valence-electron chi connectivity index (χ4n) is 2.89. The van der Waals surface area contributed by atoms with Gasteiger partial charge in [-0.15, -0.1) is 0 Å². The van der Waals surface area contributed by atoms with E-state index in [1.165, 1.54) is 0 Å². The number of hydrogen-bond acceptors (Lipinski definition) is 5. The molecule has 1 heterocycles. The smallest absolute Gasteiger partial charge is 0.334 e. The molecule has 2 rings (SSSR count). The van der Waals surface area contributed by atoms with Crippen LogP contribution in [0.25, 0.3) is 5.70 Å². The van der Waals surface area contributed by atoms with Gasteiger partial charge >= 0.3 is 12.0 Å². The zero-order valence-electron chi connectivity index (χ0n) is 15.6. The summed E-state index contributed by atoms with van der Waals surface area (Å²) in [5, 5.41) is 9.10. The first-order valence-electron chi connectivity index (χ1n) is 8.66. The molecular formula is C19H23N3O5. The quantitative estimate of drug-likeness (QED) is 0.576. The van der Waals surface area contributed by atoms with Crippen molar-refractivity contribution in [2.75, 3.05) is 27.2 Å². The molecule has 1 aromatic carbocycles. The van der Waals surface area contributed by atoms with Crippen LogP contribution in [-0.4, -0.2) is 70.8 Å². The van der Waals surface area contributed by atoms with E-state index in [1.54, 1.807) is 49.3 Å². The third-order valence-corrected chi connectivity index (χ3v) is 4.14. The molecule has 144 valence electrons. The first-order chi connectivity index (χ1) is 12.8. The number of carboxylic acids is 1. The zero-order chi connectivity index (χ0) is 20.1. The van der Waals surface area contributed by atoms with Crippen LogP contribution < -0.4 is 0 Å². The molecule has 0 radical (unpaired) electrons. The molecule has 27 heavy (non-hydrogen) atoms. The molecular weight excluding hydrogens is 350 g/mol. The molecule has 1 N–H and O–H groups in total. The van der Waals surface area contributed by atoms with Crippen LogP contribution >= 0.6 is 0 Å². The summed E-state index contributed by atoms with van der Waals surface area (Å²) in [5.74, 6) is -2.92. The molecule has 4 amide bonds. The number of aliphatic carboxylic acids is 1. The second kappa shape index (κ2) is 8.48. The molecule has 0 spiro atoms. The average Bonchev–Trinajstić information content (AvgIpc) is 2.62. The number of urea groups is 1. The maximum absolute atomic E-state index is 13.0. The maximum Gasteiger partial charge on any atom is 0.334 e. The Hall–Kier alpha value is -3.16. The van der Waals surface area contributed by atoms with Gasteiger partial charge in [0.2, 0.25) is 0 Å². The topological polar surface area (TPSA) is 98.2 Å². The Kier molecular flexibility index (Phi) is 6.33. The van der Waals surface area contributed by atoms with Crippen molar-refractivity contribution < 1.29 is 24.3 Å². The fraction of sp³-hybridized carbons (Fsp3) is 0.368. The lowest BCUT2D eigenvalue weighted by Gasteiger charge is -2.35. The highest BCUT2D eigenvalue weighted by Gasteiger charge is 2.44. The molecule has 0 aliphatic carbocycles. The fourth-order valence-corrected chi connectivity index (χ4v) is 2.89. The molecule has 8 heteroatoms. The highest BCUT2D eigenvalue weighted by Crippen LogP contribution is 2.28. The van der Waals surface area contributed by atoms with Crippen LogP contribution in [-0.2, 0) is 14.4 Å². The molecule has 1 aliphatic rings. The molecule has 0 saturated carbocycles. The SMILES string of the molecule is CCCCN1C(=O)C(=C(c2ccccc2)N(C)C)C(=O)N(CC(=O)O)C1=O. The van der Waals surface area contributed by atoms with Crippen LogP contribution in [0.15, 0.2) is 35.9 Å². The standard InChI is InChI=1S/C19H23N3O5/c1-4-5-11-21-17(25)15(18(26)22(19(21)27)12-14(23)24)16(20(2)3)13-9-7-6-8-10-13/h6-10H,4-5,11-12H2,1-3H3,(H,23,24). The van der Waals surface area contributed by atoms with E-state index in [4.69, 9.17) is 5.11 Å². The summed E-state index contributed by atoms with van der Waals surface area (Å²) in [6.07, 6.45) is 1.30. The van der Waals surface area contributed by atoms with Crippen molar-refractivity contribution >= 4 is 29.5 Å². The van der Waals surface area contributed by atoms with E-state index < -0.39 is 30.4 Å².